The Morgan fingerprint density at radius 1 is 1.14 bits per heavy atom. The summed E-state index contributed by atoms with van der Waals surface area (Å²) in [7, 11) is 1.62. The summed E-state index contributed by atoms with van der Waals surface area (Å²) in [6.07, 6.45) is 6.96. The number of hydrogen-bond acceptors (Lipinski definition) is 4. The molecule has 0 unspecified atom stereocenters. The highest BCUT2D eigenvalue weighted by atomic mass is 35.5. The summed E-state index contributed by atoms with van der Waals surface area (Å²) in [4.78, 5) is 11.8. The van der Waals surface area contributed by atoms with Crippen LogP contribution in [0.5, 0.6) is 11.5 Å². The minimum absolute atomic E-state index is 0.00728. The van der Waals surface area contributed by atoms with Crippen molar-refractivity contribution in [2.75, 3.05) is 13.7 Å². The van der Waals surface area contributed by atoms with Crippen LogP contribution in [0.3, 0.4) is 0 Å². The molecule has 0 saturated heterocycles. The number of unbranched alkanes of at least 4 members (excludes halogenated alkanes) is 3. The zero-order chi connectivity index (χ0) is 20.5. The van der Waals surface area contributed by atoms with Gasteiger partial charge >= 0.3 is 0 Å². The van der Waals surface area contributed by atoms with Crippen molar-refractivity contribution in [1.82, 2.24) is 9.78 Å². The zero-order valence-electron chi connectivity index (χ0n) is 17.4. The van der Waals surface area contributed by atoms with E-state index in [1.54, 1.807) is 24.8 Å². The average Bonchev–Trinajstić information content (AvgIpc) is 3.06. The van der Waals surface area contributed by atoms with Gasteiger partial charge in [0.2, 0.25) is 5.91 Å². The molecule has 0 atom stereocenters. The smallest absolute Gasteiger partial charge is 0.243 e. The summed E-state index contributed by atoms with van der Waals surface area (Å²) >= 11 is 6.18. The summed E-state index contributed by atoms with van der Waals surface area (Å²) in [6.45, 7) is 6.40. The standard InChI is InChI=1S/C22H31ClN2O3/c1-5-20-18(21(6-2)25(24-20)16(3)26)11-9-7-8-10-14-28-22-13-12-17(27-4)15-19(22)23/h12-13,15H,5-11,14H2,1-4H3. The van der Waals surface area contributed by atoms with Crippen LogP contribution in [0.4, 0.5) is 0 Å². The van der Waals surface area contributed by atoms with Gasteiger partial charge in [-0.3, -0.25) is 4.79 Å². The molecule has 2 rings (SSSR count). The highest BCUT2D eigenvalue weighted by molar-refractivity contribution is 6.32. The van der Waals surface area contributed by atoms with Gasteiger partial charge in [0, 0.05) is 13.0 Å². The molecule has 0 aliphatic rings. The maximum absolute atomic E-state index is 11.8. The average molecular weight is 407 g/mol. The molecule has 0 spiro atoms. The van der Waals surface area contributed by atoms with Crippen LogP contribution in [0.2, 0.25) is 5.02 Å². The Hall–Kier alpha value is -2.01. The molecule has 0 fully saturated rings. The topological polar surface area (TPSA) is 53.4 Å². The SMILES string of the molecule is CCc1nn(C(C)=O)c(CC)c1CCCCCCOc1ccc(OC)cc1Cl. The zero-order valence-corrected chi connectivity index (χ0v) is 18.1. The molecule has 0 radical (unpaired) electrons. The Morgan fingerprint density at radius 2 is 1.89 bits per heavy atom. The molecule has 0 amide bonds. The fourth-order valence-corrected chi connectivity index (χ4v) is 3.62. The van der Waals surface area contributed by atoms with Crippen molar-refractivity contribution >= 4 is 17.5 Å². The number of hydrogen-bond donors (Lipinski definition) is 0. The first-order chi connectivity index (χ1) is 13.5. The van der Waals surface area contributed by atoms with E-state index in [0.717, 1.165) is 62.1 Å². The van der Waals surface area contributed by atoms with Gasteiger partial charge in [-0.1, -0.05) is 38.3 Å². The second-order valence-electron chi connectivity index (χ2n) is 6.82. The summed E-state index contributed by atoms with van der Waals surface area (Å²) in [5.41, 5.74) is 3.40. The number of rotatable bonds is 11. The molecule has 1 aromatic carbocycles. The number of ether oxygens (including phenoxy) is 2. The van der Waals surface area contributed by atoms with Crippen LogP contribution >= 0.6 is 11.6 Å². The Balaban J connectivity index is 1.76. The van der Waals surface area contributed by atoms with E-state index in [0.29, 0.717) is 17.4 Å². The van der Waals surface area contributed by atoms with Crippen molar-refractivity contribution in [3.8, 4) is 11.5 Å². The number of methoxy groups -OCH3 is 1. The van der Waals surface area contributed by atoms with Crippen LogP contribution < -0.4 is 9.47 Å². The molecule has 5 nitrogen and oxygen atoms in total. The molecular formula is C22H31ClN2O3. The van der Waals surface area contributed by atoms with Crippen LogP contribution in [0.15, 0.2) is 18.2 Å². The second-order valence-corrected chi connectivity index (χ2v) is 7.23. The van der Waals surface area contributed by atoms with Crippen LogP contribution in [0.1, 0.15) is 68.2 Å². The number of carbonyl (C=O) groups is 1. The van der Waals surface area contributed by atoms with Gasteiger partial charge in [0.05, 0.1) is 30.1 Å². The largest absolute Gasteiger partial charge is 0.497 e. The third-order valence-electron chi connectivity index (χ3n) is 4.86. The number of carbonyl (C=O) groups excluding carboxylic acids is 1. The third-order valence-corrected chi connectivity index (χ3v) is 5.15. The van der Waals surface area contributed by atoms with E-state index in [2.05, 4.69) is 18.9 Å². The summed E-state index contributed by atoms with van der Waals surface area (Å²) in [5, 5.41) is 5.08. The normalized spacial score (nSPS) is 10.9. The molecule has 0 saturated carbocycles. The molecular weight excluding hydrogens is 376 g/mol. The summed E-state index contributed by atoms with van der Waals surface area (Å²) in [6, 6.07) is 5.44. The number of halogens is 1. The Bertz CT molecular complexity index is 786. The van der Waals surface area contributed by atoms with Crippen molar-refractivity contribution < 1.29 is 14.3 Å². The highest BCUT2D eigenvalue weighted by Crippen LogP contribution is 2.28. The monoisotopic (exact) mass is 406 g/mol. The Morgan fingerprint density at radius 3 is 2.50 bits per heavy atom. The molecule has 0 N–H and O–H groups in total. The summed E-state index contributed by atoms with van der Waals surface area (Å²) < 4.78 is 12.5. The lowest BCUT2D eigenvalue weighted by Gasteiger charge is -2.09. The predicted molar refractivity (Wildman–Crippen MR) is 113 cm³/mol. The van der Waals surface area contributed by atoms with E-state index in [1.165, 1.54) is 5.56 Å². The lowest BCUT2D eigenvalue weighted by Crippen LogP contribution is -2.11. The minimum atomic E-state index is -0.00728. The van der Waals surface area contributed by atoms with Crippen molar-refractivity contribution in [1.29, 1.82) is 0 Å². The lowest BCUT2D eigenvalue weighted by atomic mass is 10.0. The molecule has 0 aliphatic heterocycles. The van der Waals surface area contributed by atoms with Crippen LogP contribution in [0.25, 0.3) is 0 Å². The van der Waals surface area contributed by atoms with Crippen LogP contribution in [0, 0.1) is 0 Å². The molecule has 1 aromatic heterocycles. The van der Waals surface area contributed by atoms with Crippen molar-refractivity contribution in [2.45, 2.75) is 65.7 Å². The van der Waals surface area contributed by atoms with Gasteiger partial charge < -0.3 is 9.47 Å². The van der Waals surface area contributed by atoms with E-state index in [4.69, 9.17) is 21.1 Å². The first-order valence-corrected chi connectivity index (χ1v) is 10.5. The van der Waals surface area contributed by atoms with Crippen LogP contribution in [-0.2, 0) is 19.3 Å². The molecule has 0 aliphatic carbocycles. The molecule has 1 heterocycles. The fourth-order valence-electron chi connectivity index (χ4n) is 3.40. The molecule has 154 valence electrons. The minimum Gasteiger partial charge on any atom is -0.497 e. The van der Waals surface area contributed by atoms with Gasteiger partial charge in [0.15, 0.2) is 0 Å². The Labute approximate surface area is 173 Å². The number of nitrogens with zero attached hydrogens (tertiary/aromatic N) is 2. The van der Waals surface area contributed by atoms with E-state index >= 15 is 0 Å². The van der Waals surface area contributed by atoms with E-state index < -0.39 is 0 Å². The molecule has 2 aromatic rings. The first kappa shape index (κ1) is 22.3. The van der Waals surface area contributed by atoms with E-state index in [1.807, 2.05) is 12.1 Å². The third kappa shape index (κ3) is 5.74. The van der Waals surface area contributed by atoms with Gasteiger partial charge in [-0.15, -0.1) is 0 Å². The molecule has 28 heavy (non-hydrogen) atoms. The van der Waals surface area contributed by atoms with Gasteiger partial charge in [0.25, 0.3) is 0 Å². The second kappa shape index (κ2) is 11.1. The first-order valence-electron chi connectivity index (χ1n) is 10.1. The molecule has 6 heteroatoms. The maximum atomic E-state index is 11.8. The molecule has 0 bridgehead atoms. The van der Waals surface area contributed by atoms with Gasteiger partial charge in [-0.25, -0.2) is 4.68 Å². The van der Waals surface area contributed by atoms with E-state index in [-0.39, 0.29) is 5.91 Å². The van der Waals surface area contributed by atoms with Crippen LogP contribution in [-0.4, -0.2) is 29.4 Å². The number of benzene rings is 1. The lowest BCUT2D eigenvalue weighted by molar-refractivity contribution is 0.0917. The number of aryl methyl sites for hydroxylation is 1. The maximum Gasteiger partial charge on any atom is 0.243 e. The Kier molecular flexibility index (Phi) is 8.84. The van der Waals surface area contributed by atoms with Crippen molar-refractivity contribution in [2.24, 2.45) is 0 Å². The van der Waals surface area contributed by atoms with E-state index in [9.17, 15) is 4.79 Å². The van der Waals surface area contributed by atoms with Crippen molar-refractivity contribution in [3.05, 3.63) is 40.2 Å². The van der Waals surface area contributed by atoms with Gasteiger partial charge in [-0.2, -0.15) is 5.10 Å². The highest BCUT2D eigenvalue weighted by Gasteiger charge is 2.17. The fraction of sp³-hybridized carbons (Fsp3) is 0.545. The van der Waals surface area contributed by atoms with Gasteiger partial charge in [-0.05, 0) is 49.8 Å². The predicted octanol–water partition coefficient (Wildman–Crippen LogP) is 5.51. The van der Waals surface area contributed by atoms with Gasteiger partial charge in [0.1, 0.15) is 11.5 Å². The van der Waals surface area contributed by atoms with Crippen molar-refractivity contribution in [3.63, 3.8) is 0 Å². The summed E-state index contributed by atoms with van der Waals surface area (Å²) in [5.74, 6) is 1.41. The number of aromatic nitrogens is 2. The quantitative estimate of drug-likeness (QED) is 0.461.